The molecule has 3 atom stereocenters. The number of fused-ring (bicyclic) bond motifs is 2. The molecule has 3 unspecified atom stereocenters. The van der Waals surface area contributed by atoms with Gasteiger partial charge >= 0.3 is 11.1 Å². The predicted octanol–water partition coefficient (Wildman–Crippen LogP) is 1.30. The number of H-pyrrole nitrogens is 2. The number of rotatable bonds is 2. The summed E-state index contributed by atoms with van der Waals surface area (Å²) in [5.41, 5.74) is 0.660. The maximum Gasteiger partial charge on any atom is 0.314 e. The lowest BCUT2D eigenvalue weighted by atomic mass is 9.99. The molecule has 4 rings (SSSR count). The molecule has 2 fully saturated rings. The Hall–Kier alpha value is -1.88. The first-order valence-corrected chi connectivity index (χ1v) is 7.09. The van der Waals surface area contributed by atoms with Crippen LogP contribution in [0.3, 0.4) is 0 Å². The third kappa shape index (κ3) is 1.66. The van der Waals surface area contributed by atoms with Gasteiger partial charge in [0.2, 0.25) is 0 Å². The van der Waals surface area contributed by atoms with Gasteiger partial charge in [-0.25, -0.2) is 0 Å². The molecule has 0 saturated heterocycles. The van der Waals surface area contributed by atoms with Gasteiger partial charge in [-0.2, -0.15) is 0 Å². The molecule has 0 bridgehead atoms. The molecule has 0 aliphatic heterocycles. The molecule has 5 heteroatoms. The SMILES string of the molecule is O=c1[nH]c2ccc(C(O)C3C4CCCC43)cc2[nH]c1=O. The Kier molecular flexibility index (Phi) is 2.41. The number of hydrogen-bond acceptors (Lipinski definition) is 3. The second-order valence-corrected chi connectivity index (χ2v) is 5.99. The predicted molar refractivity (Wildman–Crippen MR) is 74.5 cm³/mol. The van der Waals surface area contributed by atoms with Gasteiger partial charge in [0.1, 0.15) is 0 Å². The number of hydrogen-bond donors (Lipinski definition) is 3. The molecule has 0 spiro atoms. The number of aromatic nitrogens is 2. The van der Waals surface area contributed by atoms with Crippen molar-refractivity contribution in [3.63, 3.8) is 0 Å². The summed E-state index contributed by atoms with van der Waals surface area (Å²) in [5, 5.41) is 10.5. The Balaban J connectivity index is 1.72. The van der Waals surface area contributed by atoms with Crippen molar-refractivity contribution in [2.45, 2.75) is 25.4 Å². The zero-order valence-corrected chi connectivity index (χ0v) is 10.9. The summed E-state index contributed by atoms with van der Waals surface area (Å²) >= 11 is 0. The minimum atomic E-state index is -0.660. The van der Waals surface area contributed by atoms with Crippen molar-refractivity contribution in [2.24, 2.45) is 17.8 Å². The highest BCUT2D eigenvalue weighted by Gasteiger charge is 2.55. The van der Waals surface area contributed by atoms with Crippen molar-refractivity contribution in [3.8, 4) is 0 Å². The van der Waals surface area contributed by atoms with Crippen molar-refractivity contribution < 1.29 is 5.11 Å². The van der Waals surface area contributed by atoms with Crippen molar-refractivity contribution in [3.05, 3.63) is 44.5 Å². The topological polar surface area (TPSA) is 85.9 Å². The molecule has 1 heterocycles. The van der Waals surface area contributed by atoms with E-state index in [-0.39, 0.29) is 0 Å². The van der Waals surface area contributed by atoms with Gasteiger partial charge in [0.15, 0.2) is 0 Å². The summed E-state index contributed by atoms with van der Waals surface area (Å²) < 4.78 is 0. The lowest BCUT2D eigenvalue weighted by Gasteiger charge is -2.13. The summed E-state index contributed by atoms with van der Waals surface area (Å²) in [6, 6.07) is 5.34. The zero-order chi connectivity index (χ0) is 13.9. The molecular formula is C15H16N2O3. The molecule has 2 aromatic rings. The number of aliphatic hydroxyl groups excluding tert-OH is 1. The average molecular weight is 272 g/mol. The molecule has 1 aromatic carbocycles. The van der Waals surface area contributed by atoms with E-state index in [1.165, 1.54) is 19.3 Å². The second-order valence-electron chi connectivity index (χ2n) is 5.99. The van der Waals surface area contributed by atoms with E-state index in [0.717, 1.165) is 5.56 Å². The Morgan fingerprint density at radius 3 is 2.40 bits per heavy atom. The maximum atomic E-state index is 11.4. The van der Waals surface area contributed by atoms with E-state index in [4.69, 9.17) is 0 Å². The number of nitrogens with one attached hydrogen (secondary N) is 2. The van der Waals surface area contributed by atoms with Gasteiger partial charge < -0.3 is 15.1 Å². The van der Waals surface area contributed by atoms with Crippen LogP contribution in [0.5, 0.6) is 0 Å². The molecular weight excluding hydrogens is 256 g/mol. The van der Waals surface area contributed by atoms with E-state index in [0.29, 0.717) is 28.8 Å². The minimum Gasteiger partial charge on any atom is -0.388 e. The third-order valence-corrected chi connectivity index (χ3v) is 4.93. The molecule has 3 N–H and O–H groups in total. The van der Waals surface area contributed by atoms with Crippen LogP contribution in [-0.2, 0) is 0 Å². The van der Waals surface area contributed by atoms with Gasteiger partial charge in [0.25, 0.3) is 0 Å². The molecule has 5 nitrogen and oxygen atoms in total. The van der Waals surface area contributed by atoms with Crippen LogP contribution in [0.1, 0.15) is 30.9 Å². The smallest absolute Gasteiger partial charge is 0.314 e. The molecule has 0 amide bonds. The molecule has 1 aromatic heterocycles. The van der Waals surface area contributed by atoms with Crippen molar-refractivity contribution in [1.82, 2.24) is 9.97 Å². The Morgan fingerprint density at radius 2 is 1.70 bits per heavy atom. The summed E-state index contributed by atoms with van der Waals surface area (Å²) in [6.45, 7) is 0. The zero-order valence-electron chi connectivity index (χ0n) is 10.9. The largest absolute Gasteiger partial charge is 0.388 e. The van der Waals surface area contributed by atoms with Gasteiger partial charge in [0.05, 0.1) is 17.1 Å². The second kappa shape index (κ2) is 4.06. The van der Waals surface area contributed by atoms with Gasteiger partial charge in [-0.1, -0.05) is 12.5 Å². The Labute approximate surface area is 114 Å². The standard InChI is InChI=1S/C15H16N2O3/c18-13(12-8-2-1-3-9(8)12)7-4-5-10-11(6-7)17-15(20)14(19)16-10/h4-6,8-9,12-13,18H,1-3H2,(H,16,19)(H,17,20). The van der Waals surface area contributed by atoms with E-state index < -0.39 is 17.2 Å². The molecule has 2 aliphatic rings. The van der Waals surface area contributed by atoms with Crippen LogP contribution in [0.25, 0.3) is 11.0 Å². The number of aromatic amines is 2. The summed E-state index contributed by atoms with van der Waals surface area (Å²) in [7, 11) is 0. The van der Waals surface area contributed by atoms with Crippen molar-refractivity contribution >= 4 is 11.0 Å². The molecule has 104 valence electrons. The quantitative estimate of drug-likeness (QED) is 0.720. The Morgan fingerprint density at radius 1 is 1.05 bits per heavy atom. The fourth-order valence-electron chi connectivity index (χ4n) is 3.88. The van der Waals surface area contributed by atoms with Gasteiger partial charge in [-0.3, -0.25) is 9.59 Å². The van der Waals surface area contributed by atoms with Crippen molar-refractivity contribution in [2.75, 3.05) is 0 Å². The molecule has 2 saturated carbocycles. The summed E-state index contributed by atoms with van der Waals surface area (Å²) in [6.07, 6.45) is 3.27. The highest BCUT2D eigenvalue weighted by Crippen LogP contribution is 2.62. The van der Waals surface area contributed by atoms with Crippen LogP contribution in [0.15, 0.2) is 27.8 Å². The van der Waals surface area contributed by atoms with Crippen LogP contribution in [-0.4, -0.2) is 15.1 Å². The van der Waals surface area contributed by atoms with Gasteiger partial charge in [-0.05, 0) is 48.3 Å². The average Bonchev–Trinajstić information content (AvgIpc) is 2.91. The van der Waals surface area contributed by atoms with Gasteiger partial charge in [0, 0.05) is 0 Å². The third-order valence-electron chi connectivity index (χ3n) is 4.93. The summed E-state index contributed by atoms with van der Waals surface area (Å²) in [4.78, 5) is 27.7. The van der Waals surface area contributed by atoms with Crippen LogP contribution in [0, 0.1) is 17.8 Å². The maximum absolute atomic E-state index is 11.4. The number of aliphatic hydroxyl groups is 1. The lowest BCUT2D eigenvalue weighted by Crippen LogP contribution is -2.28. The van der Waals surface area contributed by atoms with E-state index in [1.807, 2.05) is 6.07 Å². The van der Waals surface area contributed by atoms with E-state index >= 15 is 0 Å². The highest BCUT2D eigenvalue weighted by atomic mass is 16.3. The first-order valence-electron chi connectivity index (χ1n) is 7.09. The van der Waals surface area contributed by atoms with Crippen LogP contribution in [0.2, 0.25) is 0 Å². The minimum absolute atomic E-state index is 0.371. The van der Waals surface area contributed by atoms with Crippen molar-refractivity contribution in [1.29, 1.82) is 0 Å². The van der Waals surface area contributed by atoms with Crippen LogP contribution in [0.4, 0.5) is 0 Å². The Bertz CT molecular complexity index is 782. The lowest BCUT2D eigenvalue weighted by molar-refractivity contribution is 0.137. The van der Waals surface area contributed by atoms with E-state index in [9.17, 15) is 14.7 Å². The molecule has 2 aliphatic carbocycles. The van der Waals surface area contributed by atoms with Crippen LogP contribution >= 0.6 is 0 Å². The van der Waals surface area contributed by atoms with E-state index in [2.05, 4.69) is 9.97 Å². The summed E-state index contributed by atoms with van der Waals surface area (Å²) in [5.74, 6) is 1.72. The van der Waals surface area contributed by atoms with Gasteiger partial charge in [-0.15, -0.1) is 0 Å². The molecule has 20 heavy (non-hydrogen) atoms. The first-order chi connectivity index (χ1) is 9.65. The fraction of sp³-hybridized carbons (Fsp3) is 0.467. The highest BCUT2D eigenvalue weighted by molar-refractivity contribution is 5.74. The van der Waals surface area contributed by atoms with Crippen LogP contribution < -0.4 is 11.1 Å². The fourth-order valence-corrected chi connectivity index (χ4v) is 3.88. The first kappa shape index (κ1) is 11.9. The number of benzene rings is 1. The molecule has 0 radical (unpaired) electrons. The van der Waals surface area contributed by atoms with E-state index in [1.54, 1.807) is 12.1 Å². The normalized spacial score (nSPS) is 29.4. The monoisotopic (exact) mass is 272 g/mol.